The van der Waals surface area contributed by atoms with E-state index in [9.17, 15) is 0 Å². The molecule has 1 aromatic rings. The highest BCUT2D eigenvalue weighted by atomic mass is 15.1. The fourth-order valence-corrected chi connectivity index (χ4v) is 2.05. The Bertz CT molecular complexity index is 320. The maximum Gasteiger partial charge on any atom is 0.0233 e. The van der Waals surface area contributed by atoms with Crippen LogP contribution in [-0.2, 0) is 13.1 Å². The molecule has 1 rings (SSSR count). The fourth-order valence-electron chi connectivity index (χ4n) is 2.05. The maximum absolute atomic E-state index is 5.75. The molecule has 0 unspecified atom stereocenters. The van der Waals surface area contributed by atoms with Crippen molar-refractivity contribution >= 4 is 0 Å². The molecule has 0 amide bonds. The summed E-state index contributed by atoms with van der Waals surface area (Å²) >= 11 is 0. The molecule has 0 bridgehead atoms. The summed E-state index contributed by atoms with van der Waals surface area (Å²) in [4.78, 5) is 2.39. The van der Waals surface area contributed by atoms with Gasteiger partial charge in [0.05, 0.1) is 0 Å². The van der Waals surface area contributed by atoms with Gasteiger partial charge in [0, 0.05) is 13.1 Å². The SMILES string of the molecule is CC(C)CCCN(C)Cc1ccccc1CN. The molecule has 96 valence electrons. The summed E-state index contributed by atoms with van der Waals surface area (Å²) in [5.41, 5.74) is 8.38. The van der Waals surface area contributed by atoms with Crippen LogP contribution in [-0.4, -0.2) is 18.5 Å². The van der Waals surface area contributed by atoms with Crippen LogP contribution in [0, 0.1) is 5.92 Å². The minimum atomic E-state index is 0.635. The van der Waals surface area contributed by atoms with Gasteiger partial charge in [0.2, 0.25) is 0 Å². The van der Waals surface area contributed by atoms with Crippen LogP contribution in [0.5, 0.6) is 0 Å². The van der Waals surface area contributed by atoms with E-state index in [2.05, 4.69) is 50.1 Å². The second kappa shape index (κ2) is 7.46. The molecular weight excluding hydrogens is 208 g/mol. The number of nitrogens with two attached hydrogens (primary N) is 1. The largest absolute Gasteiger partial charge is 0.326 e. The van der Waals surface area contributed by atoms with E-state index in [0.29, 0.717) is 6.54 Å². The number of hydrogen-bond donors (Lipinski definition) is 1. The Morgan fingerprint density at radius 1 is 1.18 bits per heavy atom. The van der Waals surface area contributed by atoms with E-state index in [1.807, 2.05) is 0 Å². The second-order valence-electron chi connectivity index (χ2n) is 5.25. The Kier molecular flexibility index (Phi) is 6.23. The molecule has 0 atom stereocenters. The zero-order valence-electron chi connectivity index (χ0n) is 11.4. The van der Waals surface area contributed by atoms with Gasteiger partial charge in [0.1, 0.15) is 0 Å². The molecular formula is C15H26N2. The quantitative estimate of drug-likeness (QED) is 0.786. The highest BCUT2D eigenvalue weighted by Gasteiger charge is 2.04. The number of nitrogens with zero attached hydrogens (tertiary/aromatic N) is 1. The first kappa shape index (κ1) is 14.2. The molecule has 2 N–H and O–H groups in total. The van der Waals surface area contributed by atoms with Crippen LogP contribution in [0.15, 0.2) is 24.3 Å². The molecule has 17 heavy (non-hydrogen) atoms. The summed E-state index contributed by atoms with van der Waals surface area (Å²) in [6.07, 6.45) is 2.59. The van der Waals surface area contributed by atoms with Crippen LogP contribution in [0.4, 0.5) is 0 Å². The van der Waals surface area contributed by atoms with Gasteiger partial charge in [-0.2, -0.15) is 0 Å². The zero-order valence-corrected chi connectivity index (χ0v) is 11.4. The second-order valence-corrected chi connectivity index (χ2v) is 5.25. The van der Waals surface area contributed by atoms with E-state index in [1.165, 1.54) is 24.0 Å². The molecule has 0 aliphatic carbocycles. The van der Waals surface area contributed by atoms with E-state index in [4.69, 9.17) is 5.73 Å². The lowest BCUT2D eigenvalue weighted by atomic mass is 10.1. The molecule has 0 spiro atoms. The van der Waals surface area contributed by atoms with Crippen molar-refractivity contribution < 1.29 is 0 Å². The molecule has 0 aromatic heterocycles. The van der Waals surface area contributed by atoms with Gasteiger partial charge < -0.3 is 10.6 Å². The van der Waals surface area contributed by atoms with E-state index in [0.717, 1.165) is 19.0 Å². The predicted molar refractivity (Wildman–Crippen MR) is 74.7 cm³/mol. The standard InChI is InChI=1S/C15H26N2/c1-13(2)7-6-10-17(3)12-15-9-5-4-8-14(15)11-16/h4-5,8-9,13H,6-7,10-12,16H2,1-3H3. The van der Waals surface area contributed by atoms with Crippen molar-refractivity contribution in [3.8, 4) is 0 Å². The normalized spacial score (nSPS) is 11.4. The average Bonchev–Trinajstić information content (AvgIpc) is 2.29. The Labute approximate surface area is 106 Å². The predicted octanol–water partition coefficient (Wildman–Crippen LogP) is 3.01. The average molecular weight is 234 g/mol. The minimum Gasteiger partial charge on any atom is -0.326 e. The lowest BCUT2D eigenvalue weighted by Gasteiger charge is -2.19. The number of benzene rings is 1. The molecule has 0 fully saturated rings. The molecule has 0 aliphatic heterocycles. The van der Waals surface area contributed by atoms with Gasteiger partial charge in [-0.25, -0.2) is 0 Å². The minimum absolute atomic E-state index is 0.635. The topological polar surface area (TPSA) is 29.3 Å². The molecule has 0 saturated heterocycles. The van der Waals surface area contributed by atoms with E-state index < -0.39 is 0 Å². The van der Waals surface area contributed by atoms with Gasteiger partial charge in [0.15, 0.2) is 0 Å². The lowest BCUT2D eigenvalue weighted by Crippen LogP contribution is -2.20. The van der Waals surface area contributed by atoms with Gasteiger partial charge in [-0.05, 0) is 43.5 Å². The summed E-state index contributed by atoms with van der Waals surface area (Å²) < 4.78 is 0. The van der Waals surface area contributed by atoms with Crippen molar-refractivity contribution in [2.24, 2.45) is 11.7 Å². The molecule has 0 radical (unpaired) electrons. The zero-order chi connectivity index (χ0) is 12.7. The lowest BCUT2D eigenvalue weighted by molar-refractivity contribution is 0.310. The molecule has 0 heterocycles. The summed E-state index contributed by atoms with van der Waals surface area (Å²) in [5.74, 6) is 0.805. The number of hydrogen-bond acceptors (Lipinski definition) is 2. The first-order valence-electron chi connectivity index (χ1n) is 6.59. The first-order valence-corrected chi connectivity index (χ1v) is 6.59. The molecule has 0 saturated carbocycles. The van der Waals surface area contributed by atoms with E-state index in [-0.39, 0.29) is 0 Å². The number of rotatable bonds is 7. The summed E-state index contributed by atoms with van der Waals surface area (Å²) in [5, 5.41) is 0. The summed E-state index contributed by atoms with van der Waals surface area (Å²) in [6.45, 7) is 7.37. The Morgan fingerprint density at radius 2 is 1.82 bits per heavy atom. The fraction of sp³-hybridized carbons (Fsp3) is 0.600. The van der Waals surface area contributed by atoms with Gasteiger partial charge in [0.25, 0.3) is 0 Å². The van der Waals surface area contributed by atoms with Crippen LogP contribution in [0.2, 0.25) is 0 Å². The summed E-state index contributed by atoms with van der Waals surface area (Å²) in [7, 11) is 2.19. The molecule has 1 aromatic carbocycles. The van der Waals surface area contributed by atoms with Crippen LogP contribution in [0.1, 0.15) is 37.8 Å². The highest BCUT2D eigenvalue weighted by Crippen LogP contribution is 2.11. The third-order valence-electron chi connectivity index (χ3n) is 3.10. The monoisotopic (exact) mass is 234 g/mol. The van der Waals surface area contributed by atoms with Crippen molar-refractivity contribution in [2.45, 2.75) is 39.8 Å². The van der Waals surface area contributed by atoms with Crippen LogP contribution in [0.25, 0.3) is 0 Å². The third-order valence-corrected chi connectivity index (χ3v) is 3.10. The smallest absolute Gasteiger partial charge is 0.0233 e. The van der Waals surface area contributed by atoms with Crippen LogP contribution >= 0.6 is 0 Å². The van der Waals surface area contributed by atoms with Crippen molar-refractivity contribution in [3.05, 3.63) is 35.4 Å². The third kappa shape index (κ3) is 5.33. The molecule has 0 aliphatic rings. The first-order chi connectivity index (χ1) is 8.13. The molecule has 2 nitrogen and oxygen atoms in total. The van der Waals surface area contributed by atoms with Gasteiger partial charge in [-0.15, -0.1) is 0 Å². The van der Waals surface area contributed by atoms with Crippen molar-refractivity contribution in [2.75, 3.05) is 13.6 Å². The van der Waals surface area contributed by atoms with E-state index >= 15 is 0 Å². The van der Waals surface area contributed by atoms with Gasteiger partial charge >= 0.3 is 0 Å². The van der Waals surface area contributed by atoms with Crippen LogP contribution in [0.3, 0.4) is 0 Å². The van der Waals surface area contributed by atoms with Crippen molar-refractivity contribution in [1.29, 1.82) is 0 Å². The Hall–Kier alpha value is -0.860. The van der Waals surface area contributed by atoms with Gasteiger partial charge in [-0.3, -0.25) is 0 Å². The van der Waals surface area contributed by atoms with Gasteiger partial charge in [-0.1, -0.05) is 38.1 Å². The highest BCUT2D eigenvalue weighted by molar-refractivity contribution is 5.26. The van der Waals surface area contributed by atoms with Crippen molar-refractivity contribution in [1.82, 2.24) is 4.90 Å². The maximum atomic E-state index is 5.75. The summed E-state index contributed by atoms with van der Waals surface area (Å²) in [6, 6.07) is 8.46. The van der Waals surface area contributed by atoms with E-state index in [1.54, 1.807) is 0 Å². The van der Waals surface area contributed by atoms with Crippen molar-refractivity contribution in [3.63, 3.8) is 0 Å². The molecule has 2 heteroatoms. The Morgan fingerprint density at radius 3 is 2.41 bits per heavy atom. The Balaban J connectivity index is 2.41. The van der Waals surface area contributed by atoms with Crippen LogP contribution < -0.4 is 5.73 Å².